The number of aryl methyl sites for hydroxylation is 1. The summed E-state index contributed by atoms with van der Waals surface area (Å²) in [5.41, 5.74) is 0.721. The van der Waals surface area contributed by atoms with E-state index in [0.717, 1.165) is 5.56 Å². The summed E-state index contributed by atoms with van der Waals surface area (Å²) in [6.45, 7) is -0.547. The highest BCUT2D eigenvalue weighted by Gasteiger charge is 2.41. The topological polar surface area (TPSA) is 56.1 Å². The van der Waals surface area contributed by atoms with E-state index >= 15 is 0 Å². The number of hydrogen-bond acceptors (Lipinski definition) is 3. The number of carbonyl (C=O) groups excluding carboxylic acids is 1. The van der Waals surface area contributed by atoms with Crippen molar-refractivity contribution in [3.05, 3.63) is 18.0 Å². The molecule has 9 heteroatoms. The van der Waals surface area contributed by atoms with Crippen molar-refractivity contribution in [2.45, 2.75) is 25.3 Å². The number of alkyl halides is 4. The standard InChI is InChI=1S/C11H15F4N3O2/c1-7(8-3-16-18(2)4-8)17-9(19)5-20-6-11(14,15)10(12)13/h3-4,7,10H,5-6H2,1-2H3,(H,17,19)/t7-/m0/s1. The molecule has 0 aliphatic rings. The van der Waals surface area contributed by atoms with Crippen LogP contribution in [0.2, 0.25) is 0 Å². The minimum atomic E-state index is -4.25. The van der Waals surface area contributed by atoms with Crippen molar-refractivity contribution >= 4 is 5.91 Å². The third-order valence-electron chi connectivity index (χ3n) is 2.45. The maximum absolute atomic E-state index is 12.5. The molecule has 1 amide bonds. The number of ether oxygens (including phenoxy) is 1. The third-order valence-corrected chi connectivity index (χ3v) is 2.45. The molecule has 1 heterocycles. The molecule has 0 aliphatic heterocycles. The van der Waals surface area contributed by atoms with Gasteiger partial charge in [-0.1, -0.05) is 0 Å². The first-order valence-corrected chi connectivity index (χ1v) is 5.74. The fraction of sp³-hybridized carbons (Fsp3) is 0.636. The van der Waals surface area contributed by atoms with Crippen molar-refractivity contribution in [3.63, 3.8) is 0 Å². The van der Waals surface area contributed by atoms with Gasteiger partial charge in [-0.3, -0.25) is 9.48 Å². The molecule has 0 aliphatic carbocycles. The van der Waals surface area contributed by atoms with Gasteiger partial charge in [-0.25, -0.2) is 8.78 Å². The lowest BCUT2D eigenvalue weighted by molar-refractivity contribution is -0.168. The molecule has 0 radical (unpaired) electrons. The van der Waals surface area contributed by atoms with Crippen molar-refractivity contribution in [1.82, 2.24) is 15.1 Å². The zero-order valence-corrected chi connectivity index (χ0v) is 10.9. The van der Waals surface area contributed by atoms with Crippen molar-refractivity contribution < 1.29 is 27.1 Å². The van der Waals surface area contributed by atoms with Gasteiger partial charge in [0, 0.05) is 18.8 Å². The van der Waals surface area contributed by atoms with E-state index in [2.05, 4.69) is 15.2 Å². The first-order chi connectivity index (χ1) is 9.22. The van der Waals surface area contributed by atoms with E-state index < -0.39 is 37.5 Å². The van der Waals surface area contributed by atoms with Crippen molar-refractivity contribution in [2.75, 3.05) is 13.2 Å². The Bertz CT molecular complexity index is 451. The molecule has 0 aromatic carbocycles. The molecule has 5 nitrogen and oxygen atoms in total. The van der Waals surface area contributed by atoms with E-state index in [-0.39, 0.29) is 0 Å². The molecular formula is C11H15F4N3O2. The molecule has 0 saturated heterocycles. The van der Waals surface area contributed by atoms with Gasteiger partial charge in [0.1, 0.15) is 13.2 Å². The van der Waals surface area contributed by atoms with Gasteiger partial charge >= 0.3 is 12.3 Å². The number of nitrogens with one attached hydrogen (secondary N) is 1. The average Bonchev–Trinajstić information content (AvgIpc) is 2.75. The van der Waals surface area contributed by atoms with Crippen LogP contribution in [0.3, 0.4) is 0 Å². The van der Waals surface area contributed by atoms with Gasteiger partial charge in [0.05, 0.1) is 12.2 Å². The van der Waals surface area contributed by atoms with Crippen LogP contribution in [-0.4, -0.2) is 41.2 Å². The first kappa shape index (κ1) is 16.4. The Balaban J connectivity index is 2.34. The second-order valence-corrected chi connectivity index (χ2v) is 4.29. The fourth-order valence-corrected chi connectivity index (χ4v) is 1.37. The van der Waals surface area contributed by atoms with Crippen LogP contribution in [0.25, 0.3) is 0 Å². The maximum Gasteiger partial charge on any atom is 0.330 e. The maximum atomic E-state index is 12.5. The second-order valence-electron chi connectivity index (χ2n) is 4.29. The van der Waals surface area contributed by atoms with Gasteiger partial charge in [0.15, 0.2) is 0 Å². The quantitative estimate of drug-likeness (QED) is 0.776. The molecule has 114 valence electrons. The summed E-state index contributed by atoms with van der Waals surface area (Å²) in [6, 6.07) is -0.393. The van der Waals surface area contributed by atoms with E-state index in [1.165, 1.54) is 10.9 Å². The highest BCUT2D eigenvalue weighted by atomic mass is 19.3. The van der Waals surface area contributed by atoms with Gasteiger partial charge in [0.2, 0.25) is 5.91 Å². The van der Waals surface area contributed by atoms with Gasteiger partial charge < -0.3 is 10.1 Å². The van der Waals surface area contributed by atoms with E-state index in [0.29, 0.717) is 0 Å². The largest absolute Gasteiger partial charge is 0.365 e. The fourth-order valence-electron chi connectivity index (χ4n) is 1.37. The highest BCUT2D eigenvalue weighted by Crippen LogP contribution is 2.22. The van der Waals surface area contributed by atoms with E-state index in [4.69, 9.17) is 0 Å². The van der Waals surface area contributed by atoms with Crippen LogP contribution in [0.5, 0.6) is 0 Å². The van der Waals surface area contributed by atoms with Crippen molar-refractivity contribution in [1.29, 1.82) is 0 Å². The summed E-state index contributed by atoms with van der Waals surface area (Å²) >= 11 is 0. The molecule has 0 spiro atoms. The van der Waals surface area contributed by atoms with Crippen LogP contribution < -0.4 is 5.32 Å². The Morgan fingerprint density at radius 3 is 2.70 bits per heavy atom. The predicted octanol–water partition coefficient (Wildman–Crippen LogP) is 1.51. The van der Waals surface area contributed by atoms with Crippen LogP contribution >= 0.6 is 0 Å². The molecular weight excluding hydrogens is 282 g/mol. The number of hydrogen-bond donors (Lipinski definition) is 1. The predicted molar refractivity (Wildman–Crippen MR) is 61.5 cm³/mol. The van der Waals surface area contributed by atoms with Crippen LogP contribution in [-0.2, 0) is 16.6 Å². The van der Waals surface area contributed by atoms with Crippen LogP contribution in [0.15, 0.2) is 12.4 Å². The smallest absolute Gasteiger partial charge is 0.330 e. The monoisotopic (exact) mass is 297 g/mol. The average molecular weight is 297 g/mol. The van der Waals surface area contributed by atoms with E-state index in [9.17, 15) is 22.4 Å². The van der Waals surface area contributed by atoms with Crippen molar-refractivity contribution in [2.24, 2.45) is 7.05 Å². The molecule has 1 rings (SSSR count). The Morgan fingerprint density at radius 2 is 2.20 bits per heavy atom. The minimum Gasteiger partial charge on any atom is -0.365 e. The van der Waals surface area contributed by atoms with Crippen LogP contribution in [0, 0.1) is 0 Å². The summed E-state index contributed by atoms with van der Waals surface area (Å²) in [5, 5.41) is 6.39. The normalized spacial score (nSPS) is 13.6. The molecule has 0 unspecified atom stereocenters. The molecule has 0 bridgehead atoms. The minimum absolute atomic E-state index is 0.393. The summed E-state index contributed by atoms with van der Waals surface area (Å²) in [4.78, 5) is 11.4. The second kappa shape index (κ2) is 6.69. The number of aromatic nitrogens is 2. The lowest BCUT2D eigenvalue weighted by atomic mass is 10.2. The first-order valence-electron chi connectivity index (χ1n) is 5.74. The Morgan fingerprint density at radius 1 is 1.55 bits per heavy atom. The molecule has 20 heavy (non-hydrogen) atoms. The lowest BCUT2D eigenvalue weighted by Gasteiger charge is -2.16. The van der Waals surface area contributed by atoms with Gasteiger partial charge in [-0.2, -0.15) is 13.9 Å². The van der Waals surface area contributed by atoms with Gasteiger partial charge in [-0.05, 0) is 6.92 Å². The zero-order chi connectivity index (χ0) is 15.3. The lowest BCUT2D eigenvalue weighted by Crippen LogP contribution is -2.36. The van der Waals surface area contributed by atoms with E-state index in [1.54, 1.807) is 20.2 Å². The number of nitrogens with zero attached hydrogens (tertiary/aromatic N) is 2. The molecule has 1 aromatic rings. The summed E-state index contributed by atoms with van der Waals surface area (Å²) in [7, 11) is 1.70. The highest BCUT2D eigenvalue weighted by molar-refractivity contribution is 5.77. The number of amides is 1. The molecule has 1 atom stereocenters. The summed E-state index contributed by atoms with van der Waals surface area (Å²) in [6.07, 6.45) is -0.604. The number of halogens is 4. The SMILES string of the molecule is C[C@H](NC(=O)COCC(F)(F)C(F)F)c1cnn(C)c1. The number of rotatable bonds is 7. The summed E-state index contributed by atoms with van der Waals surface area (Å²) < 4.78 is 54.5. The number of carbonyl (C=O) groups is 1. The van der Waals surface area contributed by atoms with Crippen LogP contribution in [0.4, 0.5) is 17.6 Å². The van der Waals surface area contributed by atoms with E-state index in [1.807, 2.05) is 0 Å². The van der Waals surface area contributed by atoms with Crippen molar-refractivity contribution in [3.8, 4) is 0 Å². The van der Waals surface area contributed by atoms with Gasteiger partial charge in [-0.15, -0.1) is 0 Å². The molecule has 0 fully saturated rings. The summed E-state index contributed by atoms with van der Waals surface area (Å²) in [5.74, 6) is -4.93. The molecule has 1 N–H and O–H groups in total. The molecule has 1 aromatic heterocycles. The molecule has 0 saturated carbocycles. The Kier molecular flexibility index (Phi) is 5.49. The third kappa shape index (κ3) is 4.80. The van der Waals surface area contributed by atoms with Crippen LogP contribution in [0.1, 0.15) is 18.5 Å². The Hall–Kier alpha value is -1.64. The zero-order valence-electron chi connectivity index (χ0n) is 10.9. The van der Waals surface area contributed by atoms with Gasteiger partial charge in [0.25, 0.3) is 0 Å². The Labute approximate surface area is 112 Å².